The van der Waals surface area contributed by atoms with Crippen molar-refractivity contribution < 1.29 is 22.9 Å². The molecular weight excluding hydrogens is 354 g/mol. The topological polar surface area (TPSA) is 96.8 Å². The van der Waals surface area contributed by atoms with Crippen molar-refractivity contribution in [2.45, 2.75) is 32.7 Å². The van der Waals surface area contributed by atoms with Gasteiger partial charge in [0.15, 0.2) is 22.9 Å². The summed E-state index contributed by atoms with van der Waals surface area (Å²) in [5.74, 6) is -0.212. The second-order valence-electron chi connectivity index (χ2n) is 6.88. The normalized spacial score (nSPS) is 19.7. The van der Waals surface area contributed by atoms with Gasteiger partial charge in [-0.25, -0.2) is 8.42 Å². The number of hydrogen-bond acceptors (Lipinski definition) is 4. The number of benzene rings is 1. The number of rotatable bonds is 8. The van der Waals surface area contributed by atoms with E-state index in [-0.39, 0.29) is 42.5 Å². The molecule has 26 heavy (non-hydrogen) atoms. The molecule has 1 aliphatic heterocycles. The third-order valence-corrected chi connectivity index (χ3v) is 6.21. The highest BCUT2D eigenvalue weighted by Gasteiger charge is 2.29. The second-order valence-corrected chi connectivity index (χ2v) is 9.11. The SMILES string of the molecule is CCC[NH+](CC(=O)Nc1ccccc1C)CC(=O)N[C@H]1CCS(=O)(=O)C1. The molecule has 2 amide bonds. The molecular formula is C18H28N3O4S+. The molecule has 0 spiro atoms. The van der Waals surface area contributed by atoms with Gasteiger partial charge in [0.05, 0.1) is 18.1 Å². The quantitative estimate of drug-likeness (QED) is 0.566. The van der Waals surface area contributed by atoms with Gasteiger partial charge in [-0.3, -0.25) is 9.59 Å². The summed E-state index contributed by atoms with van der Waals surface area (Å²) < 4.78 is 23.0. The lowest BCUT2D eigenvalue weighted by atomic mass is 10.2. The first-order chi connectivity index (χ1) is 12.3. The van der Waals surface area contributed by atoms with E-state index in [2.05, 4.69) is 10.6 Å². The monoisotopic (exact) mass is 382 g/mol. The minimum absolute atomic E-state index is 0.00954. The van der Waals surface area contributed by atoms with Crippen LogP contribution in [0.15, 0.2) is 24.3 Å². The molecule has 3 N–H and O–H groups in total. The highest BCUT2D eigenvalue weighted by molar-refractivity contribution is 7.91. The van der Waals surface area contributed by atoms with Crippen LogP contribution in [0.1, 0.15) is 25.3 Å². The smallest absolute Gasteiger partial charge is 0.279 e. The Labute approximate surface area is 155 Å². The standard InChI is InChI=1S/C18H27N3O4S/c1-3-9-21(11-17(22)19-15-8-10-26(24,25)13-15)12-18(23)20-16-7-5-4-6-14(16)2/h4-7,15H,3,8-13H2,1-2H3,(H,19,22)(H,20,23)/p+1/t15-/m0/s1. The van der Waals surface area contributed by atoms with E-state index in [1.165, 1.54) is 0 Å². The molecule has 1 saturated heterocycles. The molecule has 0 aliphatic carbocycles. The van der Waals surface area contributed by atoms with Crippen LogP contribution in [0.25, 0.3) is 0 Å². The number of anilines is 1. The molecule has 1 fully saturated rings. The lowest BCUT2D eigenvalue weighted by Crippen LogP contribution is -3.14. The van der Waals surface area contributed by atoms with Gasteiger partial charge in [-0.15, -0.1) is 0 Å². The van der Waals surface area contributed by atoms with Gasteiger partial charge in [-0.05, 0) is 31.4 Å². The molecule has 0 radical (unpaired) electrons. The van der Waals surface area contributed by atoms with E-state index in [1.54, 1.807) is 0 Å². The Morgan fingerprint density at radius 2 is 1.88 bits per heavy atom. The second kappa shape index (κ2) is 9.14. The fourth-order valence-corrected chi connectivity index (χ4v) is 4.82. The summed E-state index contributed by atoms with van der Waals surface area (Å²) >= 11 is 0. The maximum atomic E-state index is 12.3. The number of quaternary nitrogens is 1. The van der Waals surface area contributed by atoms with Crippen molar-refractivity contribution in [1.82, 2.24) is 5.32 Å². The number of nitrogens with one attached hydrogen (secondary N) is 3. The summed E-state index contributed by atoms with van der Waals surface area (Å²) in [6, 6.07) is 7.24. The Kier molecular flexibility index (Phi) is 7.16. The first kappa shape index (κ1) is 20.4. The summed E-state index contributed by atoms with van der Waals surface area (Å²) in [5.41, 5.74) is 1.76. The fraction of sp³-hybridized carbons (Fsp3) is 0.556. The summed E-state index contributed by atoms with van der Waals surface area (Å²) in [6.45, 7) is 4.97. The molecule has 0 aromatic heterocycles. The molecule has 1 aromatic carbocycles. The minimum atomic E-state index is -3.02. The third-order valence-electron chi connectivity index (χ3n) is 4.44. The van der Waals surface area contributed by atoms with E-state index in [4.69, 9.17) is 0 Å². The van der Waals surface area contributed by atoms with Crippen LogP contribution in [0.4, 0.5) is 5.69 Å². The Balaban J connectivity index is 1.86. The Bertz CT molecular complexity index is 749. The number of para-hydroxylation sites is 1. The lowest BCUT2D eigenvalue weighted by Gasteiger charge is -2.19. The zero-order chi connectivity index (χ0) is 19.2. The van der Waals surface area contributed by atoms with Crippen molar-refractivity contribution in [3.05, 3.63) is 29.8 Å². The molecule has 1 aliphatic rings. The predicted octanol–water partition coefficient (Wildman–Crippen LogP) is -0.468. The summed E-state index contributed by atoms with van der Waals surface area (Å²) in [5, 5.41) is 5.67. The van der Waals surface area contributed by atoms with Crippen molar-refractivity contribution >= 4 is 27.3 Å². The van der Waals surface area contributed by atoms with E-state index in [0.717, 1.165) is 22.6 Å². The van der Waals surface area contributed by atoms with Crippen LogP contribution in [-0.4, -0.2) is 57.4 Å². The van der Waals surface area contributed by atoms with Crippen molar-refractivity contribution in [2.24, 2.45) is 0 Å². The Hall–Kier alpha value is -1.93. The number of carbonyl (C=O) groups excluding carboxylic acids is 2. The van der Waals surface area contributed by atoms with Crippen LogP contribution >= 0.6 is 0 Å². The Morgan fingerprint density at radius 1 is 1.19 bits per heavy atom. The van der Waals surface area contributed by atoms with Gasteiger partial charge >= 0.3 is 0 Å². The van der Waals surface area contributed by atoms with E-state index < -0.39 is 9.84 Å². The number of aryl methyl sites for hydroxylation is 1. The molecule has 2 atom stereocenters. The van der Waals surface area contributed by atoms with E-state index in [0.29, 0.717) is 13.0 Å². The highest BCUT2D eigenvalue weighted by Crippen LogP contribution is 2.12. The van der Waals surface area contributed by atoms with Gasteiger partial charge in [0.2, 0.25) is 0 Å². The van der Waals surface area contributed by atoms with Gasteiger partial charge < -0.3 is 15.5 Å². The minimum Gasteiger partial charge on any atom is -0.347 e. The lowest BCUT2D eigenvalue weighted by molar-refractivity contribution is -0.883. The van der Waals surface area contributed by atoms with E-state index in [9.17, 15) is 18.0 Å². The molecule has 1 heterocycles. The maximum Gasteiger partial charge on any atom is 0.279 e. The first-order valence-electron chi connectivity index (χ1n) is 8.98. The third kappa shape index (κ3) is 6.42. The average molecular weight is 383 g/mol. The van der Waals surface area contributed by atoms with Crippen molar-refractivity contribution in [2.75, 3.05) is 36.5 Å². The van der Waals surface area contributed by atoms with Crippen LogP contribution < -0.4 is 15.5 Å². The summed E-state index contributed by atoms with van der Waals surface area (Å²) in [4.78, 5) is 25.4. The van der Waals surface area contributed by atoms with Gasteiger partial charge in [0.1, 0.15) is 0 Å². The fourth-order valence-electron chi connectivity index (χ4n) is 3.14. The van der Waals surface area contributed by atoms with Crippen LogP contribution in [0.2, 0.25) is 0 Å². The highest BCUT2D eigenvalue weighted by atomic mass is 32.2. The van der Waals surface area contributed by atoms with Crippen molar-refractivity contribution in [3.8, 4) is 0 Å². The number of carbonyl (C=O) groups is 2. The Morgan fingerprint density at radius 3 is 2.50 bits per heavy atom. The molecule has 7 nitrogen and oxygen atoms in total. The van der Waals surface area contributed by atoms with E-state index in [1.807, 2.05) is 38.1 Å². The molecule has 1 aromatic rings. The number of hydrogen-bond donors (Lipinski definition) is 3. The molecule has 144 valence electrons. The average Bonchev–Trinajstić information content (AvgIpc) is 2.88. The van der Waals surface area contributed by atoms with Gasteiger partial charge in [-0.2, -0.15) is 0 Å². The van der Waals surface area contributed by atoms with Crippen molar-refractivity contribution in [1.29, 1.82) is 0 Å². The van der Waals surface area contributed by atoms with Gasteiger partial charge in [0, 0.05) is 11.7 Å². The summed E-state index contributed by atoms with van der Waals surface area (Å²) in [6.07, 6.45) is 1.31. The maximum absolute atomic E-state index is 12.3. The molecule has 8 heteroatoms. The molecule has 2 rings (SSSR count). The van der Waals surface area contributed by atoms with Crippen LogP contribution in [-0.2, 0) is 19.4 Å². The molecule has 1 unspecified atom stereocenters. The van der Waals surface area contributed by atoms with Crippen LogP contribution in [0.3, 0.4) is 0 Å². The van der Waals surface area contributed by atoms with Gasteiger partial charge in [-0.1, -0.05) is 25.1 Å². The predicted molar refractivity (Wildman–Crippen MR) is 101 cm³/mol. The van der Waals surface area contributed by atoms with Crippen LogP contribution in [0, 0.1) is 6.92 Å². The zero-order valence-corrected chi connectivity index (χ0v) is 16.2. The van der Waals surface area contributed by atoms with Crippen LogP contribution in [0.5, 0.6) is 0 Å². The van der Waals surface area contributed by atoms with Gasteiger partial charge in [0.25, 0.3) is 11.8 Å². The number of sulfone groups is 1. The molecule has 0 bridgehead atoms. The number of amides is 2. The summed E-state index contributed by atoms with van der Waals surface area (Å²) in [7, 11) is -3.02. The zero-order valence-electron chi connectivity index (χ0n) is 15.4. The first-order valence-corrected chi connectivity index (χ1v) is 10.8. The van der Waals surface area contributed by atoms with Crippen molar-refractivity contribution in [3.63, 3.8) is 0 Å². The largest absolute Gasteiger partial charge is 0.347 e. The van der Waals surface area contributed by atoms with E-state index >= 15 is 0 Å². The molecule has 0 saturated carbocycles.